The van der Waals surface area contributed by atoms with Crippen LogP contribution in [0.3, 0.4) is 0 Å². The maximum absolute atomic E-state index is 12.4. The number of aromatic nitrogens is 1. The summed E-state index contributed by atoms with van der Waals surface area (Å²) in [5.41, 5.74) is 3.59. The minimum Gasteiger partial charge on any atom is -0.495 e. The molecular weight excluding hydrogens is 302 g/mol. The molecule has 2 amide bonds. The molecule has 0 radical (unpaired) electrons. The average Bonchev–Trinajstić information content (AvgIpc) is 2.93. The predicted molar refractivity (Wildman–Crippen MR) is 98.0 cm³/mol. The van der Waals surface area contributed by atoms with Crippen LogP contribution < -0.4 is 15.4 Å². The lowest BCUT2D eigenvalue weighted by atomic mass is 10.2. The maximum atomic E-state index is 12.4. The van der Waals surface area contributed by atoms with E-state index in [0.717, 1.165) is 28.7 Å². The van der Waals surface area contributed by atoms with Crippen molar-refractivity contribution in [3.8, 4) is 5.75 Å². The fourth-order valence-corrected chi connectivity index (χ4v) is 2.80. The van der Waals surface area contributed by atoms with Crippen molar-refractivity contribution in [2.45, 2.75) is 20.4 Å². The van der Waals surface area contributed by atoms with E-state index < -0.39 is 0 Å². The Balaban J connectivity index is 1.85. The van der Waals surface area contributed by atoms with Crippen LogP contribution >= 0.6 is 0 Å². The summed E-state index contributed by atoms with van der Waals surface area (Å²) in [6.07, 6.45) is 1.96. The molecule has 1 aromatic heterocycles. The molecule has 5 nitrogen and oxygen atoms in total. The number of urea groups is 1. The first-order valence-electron chi connectivity index (χ1n) is 7.93. The number of amides is 2. The molecular formula is C19H21N3O2. The van der Waals surface area contributed by atoms with E-state index in [1.807, 2.05) is 55.6 Å². The van der Waals surface area contributed by atoms with Gasteiger partial charge in [-0.2, -0.15) is 0 Å². The first-order valence-corrected chi connectivity index (χ1v) is 7.93. The van der Waals surface area contributed by atoms with Gasteiger partial charge < -0.3 is 19.9 Å². The van der Waals surface area contributed by atoms with Crippen LogP contribution in [0, 0.1) is 6.92 Å². The number of aryl methyl sites for hydroxylation is 2. The third-order valence-electron chi connectivity index (χ3n) is 3.98. The summed E-state index contributed by atoms with van der Waals surface area (Å²) in [7, 11) is 1.59. The van der Waals surface area contributed by atoms with Crippen molar-refractivity contribution in [3.05, 3.63) is 54.2 Å². The van der Waals surface area contributed by atoms with Crippen LogP contribution in [0.5, 0.6) is 5.75 Å². The molecule has 3 rings (SSSR count). The van der Waals surface area contributed by atoms with Gasteiger partial charge in [0.25, 0.3) is 0 Å². The van der Waals surface area contributed by atoms with Gasteiger partial charge in [0, 0.05) is 18.1 Å². The van der Waals surface area contributed by atoms with Gasteiger partial charge >= 0.3 is 6.03 Å². The summed E-state index contributed by atoms with van der Waals surface area (Å²) in [6, 6.07) is 13.4. The number of rotatable bonds is 4. The molecule has 0 saturated heterocycles. The zero-order valence-corrected chi connectivity index (χ0v) is 14.1. The first kappa shape index (κ1) is 15.9. The summed E-state index contributed by atoms with van der Waals surface area (Å²) in [6.45, 7) is 4.89. The van der Waals surface area contributed by atoms with Gasteiger partial charge in [-0.15, -0.1) is 0 Å². The molecule has 3 aromatic rings. The van der Waals surface area contributed by atoms with E-state index in [1.54, 1.807) is 7.11 Å². The van der Waals surface area contributed by atoms with Gasteiger partial charge in [-0.05, 0) is 37.6 Å². The number of benzene rings is 2. The second kappa shape index (κ2) is 6.66. The number of anilines is 2. The summed E-state index contributed by atoms with van der Waals surface area (Å²) in [5, 5.41) is 6.81. The van der Waals surface area contributed by atoms with E-state index in [0.29, 0.717) is 11.4 Å². The van der Waals surface area contributed by atoms with Gasteiger partial charge in [-0.3, -0.25) is 0 Å². The Kier molecular flexibility index (Phi) is 4.42. The maximum Gasteiger partial charge on any atom is 0.323 e. The van der Waals surface area contributed by atoms with Gasteiger partial charge in [-0.1, -0.05) is 24.3 Å². The van der Waals surface area contributed by atoms with E-state index in [9.17, 15) is 4.79 Å². The largest absolute Gasteiger partial charge is 0.495 e. The third-order valence-corrected chi connectivity index (χ3v) is 3.98. The molecule has 0 aliphatic heterocycles. The number of nitrogens with zero attached hydrogens (tertiary/aromatic N) is 1. The van der Waals surface area contributed by atoms with Crippen LogP contribution in [-0.4, -0.2) is 17.7 Å². The van der Waals surface area contributed by atoms with Crippen molar-refractivity contribution in [2.75, 3.05) is 17.7 Å². The number of para-hydroxylation sites is 1. The van der Waals surface area contributed by atoms with E-state index in [-0.39, 0.29) is 6.03 Å². The second-order valence-electron chi connectivity index (χ2n) is 5.63. The van der Waals surface area contributed by atoms with Crippen LogP contribution in [0.1, 0.15) is 12.5 Å². The summed E-state index contributed by atoms with van der Waals surface area (Å²) in [4.78, 5) is 12.4. The van der Waals surface area contributed by atoms with Gasteiger partial charge in [0.15, 0.2) is 0 Å². The highest BCUT2D eigenvalue weighted by atomic mass is 16.5. The molecule has 0 bridgehead atoms. The standard InChI is InChI=1S/C19H21N3O2/c1-4-22-12-16(14-7-5-6-8-17(14)22)21-19(23)20-15-11-13(2)9-10-18(15)24-3/h5-12H,4H2,1-3H3,(H2,20,21,23). The molecule has 2 aromatic carbocycles. The molecule has 0 atom stereocenters. The number of carbonyl (C=O) groups is 1. The van der Waals surface area contributed by atoms with E-state index >= 15 is 0 Å². The number of hydrogen-bond acceptors (Lipinski definition) is 2. The Morgan fingerprint density at radius 2 is 1.88 bits per heavy atom. The van der Waals surface area contributed by atoms with E-state index in [2.05, 4.69) is 22.1 Å². The van der Waals surface area contributed by atoms with Crippen LogP contribution in [0.15, 0.2) is 48.7 Å². The highest BCUT2D eigenvalue weighted by Gasteiger charge is 2.12. The number of nitrogens with one attached hydrogen (secondary N) is 2. The van der Waals surface area contributed by atoms with E-state index in [1.165, 1.54) is 0 Å². The summed E-state index contributed by atoms with van der Waals surface area (Å²) >= 11 is 0. The number of fused-ring (bicyclic) bond motifs is 1. The lowest BCUT2D eigenvalue weighted by molar-refractivity contribution is 0.262. The lowest BCUT2D eigenvalue weighted by Crippen LogP contribution is -2.19. The molecule has 0 unspecified atom stereocenters. The Morgan fingerprint density at radius 1 is 1.12 bits per heavy atom. The minimum absolute atomic E-state index is 0.294. The zero-order valence-electron chi connectivity index (χ0n) is 14.1. The average molecular weight is 323 g/mol. The van der Waals surface area contributed by atoms with Crippen molar-refractivity contribution in [1.82, 2.24) is 4.57 Å². The SMILES string of the molecule is CCn1cc(NC(=O)Nc2cc(C)ccc2OC)c2ccccc21. The topological polar surface area (TPSA) is 55.3 Å². The molecule has 0 aliphatic rings. The van der Waals surface area contributed by atoms with Crippen LogP contribution in [0.2, 0.25) is 0 Å². The molecule has 1 heterocycles. The fourth-order valence-electron chi connectivity index (χ4n) is 2.80. The van der Waals surface area contributed by atoms with Gasteiger partial charge in [0.1, 0.15) is 5.75 Å². The first-order chi connectivity index (χ1) is 11.6. The van der Waals surface area contributed by atoms with Crippen molar-refractivity contribution in [2.24, 2.45) is 0 Å². The zero-order chi connectivity index (χ0) is 17.1. The van der Waals surface area contributed by atoms with Crippen LogP contribution in [-0.2, 0) is 6.54 Å². The number of carbonyl (C=O) groups excluding carboxylic acids is 1. The Bertz CT molecular complexity index is 883. The summed E-state index contributed by atoms with van der Waals surface area (Å²) < 4.78 is 7.41. The molecule has 124 valence electrons. The second-order valence-corrected chi connectivity index (χ2v) is 5.63. The van der Waals surface area contributed by atoms with Gasteiger partial charge in [0.05, 0.1) is 24.0 Å². The normalized spacial score (nSPS) is 10.6. The highest BCUT2D eigenvalue weighted by Crippen LogP contribution is 2.28. The molecule has 0 saturated carbocycles. The number of ether oxygens (including phenoxy) is 1. The monoisotopic (exact) mass is 323 g/mol. The Labute approximate surface area is 141 Å². The molecule has 5 heteroatoms. The Morgan fingerprint density at radius 3 is 2.62 bits per heavy atom. The molecule has 0 aliphatic carbocycles. The van der Waals surface area contributed by atoms with Crippen molar-refractivity contribution in [1.29, 1.82) is 0 Å². The Hall–Kier alpha value is -2.95. The molecule has 0 spiro atoms. The van der Waals surface area contributed by atoms with Crippen LogP contribution in [0.4, 0.5) is 16.2 Å². The lowest BCUT2D eigenvalue weighted by Gasteiger charge is -2.11. The molecule has 0 fully saturated rings. The van der Waals surface area contributed by atoms with Gasteiger partial charge in [0.2, 0.25) is 0 Å². The number of hydrogen-bond donors (Lipinski definition) is 2. The molecule has 2 N–H and O–H groups in total. The van der Waals surface area contributed by atoms with Crippen molar-refractivity contribution >= 4 is 28.3 Å². The van der Waals surface area contributed by atoms with Crippen molar-refractivity contribution in [3.63, 3.8) is 0 Å². The van der Waals surface area contributed by atoms with E-state index in [4.69, 9.17) is 4.74 Å². The third kappa shape index (κ3) is 3.06. The quantitative estimate of drug-likeness (QED) is 0.736. The van der Waals surface area contributed by atoms with Crippen molar-refractivity contribution < 1.29 is 9.53 Å². The van der Waals surface area contributed by atoms with Gasteiger partial charge in [-0.25, -0.2) is 4.79 Å². The van der Waals surface area contributed by atoms with Crippen LogP contribution in [0.25, 0.3) is 10.9 Å². The highest BCUT2D eigenvalue weighted by molar-refractivity contribution is 6.06. The smallest absolute Gasteiger partial charge is 0.323 e. The predicted octanol–water partition coefficient (Wildman–Crippen LogP) is 4.62. The fraction of sp³-hybridized carbons (Fsp3) is 0.211. The minimum atomic E-state index is -0.294. The molecule has 24 heavy (non-hydrogen) atoms. The number of methoxy groups -OCH3 is 1. The summed E-state index contributed by atoms with van der Waals surface area (Å²) in [5.74, 6) is 0.631.